The molecule has 0 saturated heterocycles. The second kappa shape index (κ2) is 10.8. The summed E-state index contributed by atoms with van der Waals surface area (Å²) in [5.74, 6) is -3.96. The van der Waals surface area contributed by atoms with Gasteiger partial charge >= 0.3 is 0 Å². The Morgan fingerprint density at radius 1 is 0.833 bits per heavy atom. The van der Waals surface area contributed by atoms with Gasteiger partial charge in [-0.05, 0) is 66.7 Å². The SMILES string of the molecule is CC(C)=CCC1C(=O)C(C(=O)CC(C)C)C(=O)C(CC=C(C)C)(CC=C(C)C)C1=O. The van der Waals surface area contributed by atoms with Crippen LogP contribution in [0.1, 0.15) is 81.1 Å². The third kappa shape index (κ3) is 6.20. The molecule has 1 aliphatic carbocycles. The highest BCUT2D eigenvalue weighted by Gasteiger charge is 2.58. The Kier molecular flexibility index (Phi) is 9.33. The Balaban J connectivity index is 3.64. The molecule has 0 amide bonds. The molecule has 2 atom stereocenters. The lowest BCUT2D eigenvalue weighted by Gasteiger charge is -2.40. The van der Waals surface area contributed by atoms with Crippen molar-refractivity contribution in [1.82, 2.24) is 0 Å². The van der Waals surface area contributed by atoms with Gasteiger partial charge in [-0.3, -0.25) is 19.2 Å². The quantitative estimate of drug-likeness (QED) is 0.363. The zero-order valence-corrected chi connectivity index (χ0v) is 19.9. The predicted molar refractivity (Wildman–Crippen MR) is 121 cm³/mol. The van der Waals surface area contributed by atoms with Crippen molar-refractivity contribution < 1.29 is 19.2 Å². The maximum absolute atomic E-state index is 13.7. The fourth-order valence-electron chi connectivity index (χ4n) is 3.84. The minimum atomic E-state index is -1.36. The van der Waals surface area contributed by atoms with Crippen LogP contribution in [0, 0.1) is 23.2 Å². The number of hydrogen-bond donors (Lipinski definition) is 0. The van der Waals surface area contributed by atoms with E-state index < -0.39 is 28.8 Å². The lowest BCUT2D eigenvalue weighted by atomic mass is 9.58. The first-order valence-electron chi connectivity index (χ1n) is 10.9. The summed E-state index contributed by atoms with van der Waals surface area (Å²) in [6.07, 6.45) is 6.46. The van der Waals surface area contributed by atoms with E-state index in [4.69, 9.17) is 0 Å². The topological polar surface area (TPSA) is 68.3 Å². The molecule has 2 unspecified atom stereocenters. The molecule has 0 aromatic heterocycles. The average Bonchev–Trinajstić information content (AvgIpc) is 2.60. The molecule has 4 nitrogen and oxygen atoms in total. The van der Waals surface area contributed by atoms with E-state index in [-0.39, 0.29) is 43.2 Å². The highest BCUT2D eigenvalue weighted by molar-refractivity contribution is 6.34. The number of rotatable bonds is 9. The van der Waals surface area contributed by atoms with Crippen molar-refractivity contribution in [2.45, 2.75) is 81.1 Å². The molecule has 0 aliphatic heterocycles. The lowest BCUT2D eigenvalue weighted by Crippen LogP contribution is -2.57. The molecule has 30 heavy (non-hydrogen) atoms. The summed E-state index contributed by atoms with van der Waals surface area (Å²) < 4.78 is 0. The molecule has 1 rings (SSSR count). The van der Waals surface area contributed by atoms with E-state index in [1.807, 2.05) is 73.6 Å². The molecular formula is C26H38O4. The van der Waals surface area contributed by atoms with Gasteiger partial charge in [0, 0.05) is 6.42 Å². The van der Waals surface area contributed by atoms with Crippen LogP contribution in [0.15, 0.2) is 34.9 Å². The van der Waals surface area contributed by atoms with Crippen molar-refractivity contribution in [1.29, 1.82) is 0 Å². The second-order valence-electron chi connectivity index (χ2n) is 9.75. The van der Waals surface area contributed by atoms with E-state index in [0.717, 1.165) is 16.7 Å². The fraction of sp³-hybridized carbons (Fsp3) is 0.615. The van der Waals surface area contributed by atoms with Crippen molar-refractivity contribution in [2.75, 3.05) is 0 Å². The molecule has 1 aliphatic rings. The van der Waals surface area contributed by atoms with E-state index in [0.29, 0.717) is 0 Å². The van der Waals surface area contributed by atoms with Crippen LogP contribution in [0.2, 0.25) is 0 Å². The van der Waals surface area contributed by atoms with E-state index in [2.05, 4.69) is 0 Å². The van der Waals surface area contributed by atoms with Crippen LogP contribution >= 0.6 is 0 Å². The van der Waals surface area contributed by atoms with Gasteiger partial charge in [0.1, 0.15) is 5.92 Å². The Hall–Kier alpha value is -2.10. The molecule has 0 aromatic rings. The average molecular weight is 415 g/mol. The first-order valence-corrected chi connectivity index (χ1v) is 10.9. The van der Waals surface area contributed by atoms with Crippen LogP contribution in [0.25, 0.3) is 0 Å². The molecule has 0 heterocycles. The third-order valence-corrected chi connectivity index (χ3v) is 5.56. The molecule has 4 heteroatoms. The Labute approximate surface area is 181 Å². The lowest BCUT2D eigenvalue weighted by molar-refractivity contribution is -0.158. The number of carbonyl (C=O) groups excluding carboxylic acids is 4. The Bertz CT molecular complexity index is 760. The summed E-state index contributed by atoms with van der Waals surface area (Å²) in [4.78, 5) is 53.5. The summed E-state index contributed by atoms with van der Waals surface area (Å²) in [6, 6.07) is 0. The maximum atomic E-state index is 13.7. The van der Waals surface area contributed by atoms with Crippen LogP contribution in [-0.4, -0.2) is 23.1 Å². The fourth-order valence-corrected chi connectivity index (χ4v) is 3.84. The molecule has 166 valence electrons. The van der Waals surface area contributed by atoms with Gasteiger partial charge in [0.15, 0.2) is 23.1 Å². The zero-order valence-electron chi connectivity index (χ0n) is 19.9. The summed E-state index contributed by atoms with van der Waals surface area (Å²) >= 11 is 0. The van der Waals surface area contributed by atoms with Crippen LogP contribution < -0.4 is 0 Å². The van der Waals surface area contributed by atoms with Gasteiger partial charge in [-0.1, -0.05) is 48.8 Å². The summed E-state index contributed by atoms with van der Waals surface area (Å²) in [7, 11) is 0. The minimum absolute atomic E-state index is 0.0388. The number of allylic oxidation sites excluding steroid dienone is 6. The van der Waals surface area contributed by atoms with Gasteiger partial charge < -0.3 is 0 Å². The van der Waals surface area contributed by atoms with Crippen molar-refractivity contribution in [3.8, 4) is 0 Å². The molecule has 0 spiro atoms. The van der Waals surface area contributed by atoms with Crippen LogP contribution in [0.5, 0.6) is 0 Å². The normalized spacial score (nSPS) is 20.8. The maximum Gasteiger partial charge on any atom is 0.164 e. The third-order valence-electron chi connectivity index (χ3n) is 5.56. The van der Waals surface area contributed by atoms with Crippen LogP contribution in [0.3, 0.4) is 0 Å². The summed E-state index contributed by atoms with van der Waals surface area (Å²) in [5, 5.41) is 0. The van der Waals surface area contributed by atoms with Crippen molar-refractivity contribution >= 4 is 23.1 Å². The molecule has 0 aromatic carbocycles. The summed E-state index contributed by atoms with van der Waals surface area (Å²) in [5.41, 5.74) is 1.63. The van der Waals surface area contributed by atoms with E-state index in [1.54, 1.807) is 0 Å². The minimum Gasteiger partial charge on any atom is -0.298 e. The monoisotopic (exact) mass is 414 g/mol. The predicted octanol–water partition coefficient (Wildman–Crippen LogP) is 5.61. The van der Waals surface area contributed by atoms with E-state index in [9.17, 15) is 19.2 Å². The number of carbonyl (C=O) groups is 4. The molecule has 0 radical (unpaired) electrons. The zero-order chi connectivity index (χ0) is 23.2. The highest BCUT2D eigenvalue weighted by Crippen LogP contribution is 2.43. The molecular weight excluding hydrogens is 376 g/mol. The highest BCUT2D eigenvalue weighted by atomic mass is 16.2. The number of ketones is 4. The van der Waals surface area contributed by atoms with Gasteiger partial charge in [0.2, 0.25) is 0 Å². The van der Waals surface area contributed by atoms with Crippen molar-refractivity contribution in [3.63, 3.8) is 0 Å². The van der Waals surface area contributed by atoms with Crippen molar-refractivity contribution in [2.24, 2.45) is 23.2 Å². The van der Waals surface area contributed by atoms with Gasteiger partial charge in [-0.2, -0.15) is 0 Å². The van der Waals surface area contributed by atoms with Gasteiger partial charge in [-0.15, -0.1) is 0 Å². The van der Waals surface area contributed by atoms with Crippen molar-refractivity contribution in [3.05, 3.63) is 34.9 Å². The number of hydrogen-bond acceptors (Lipinski definition) is 4. The Morgan fingerprint density at radius 2 is 1.30 bits per heavy atom. The first kappa shape index (κ1) is 25.9. The summed E-state index contributed by atoms with van der Waals surface area (Å²) in [6.45, 7) is 15.3. The second-order valence-corrected chi connectivity index (χ2v) is 9.75. The molecule has 0 N–H and O–H groups in total. The first-order chi connectivity index (χ1) is 13.8. The van der Waals surface area contributed by atoms with E-state index >= 15 is 0 Å². The van der Waals surface area contributed by atoms with Gasteiger partial charge in [0.05, 0.1) is 11.3 Å². The standard InChI is InChI=1S/C26H38O4/c1-16(2)9-10-20-23(28)22(21(27)15-19(7)8)25(30)26(24(20)29,13-11-17(3)4)14-12-18(5)6/h9,11-12,19-20,22H,10,13-15H2,1-8H3. The van der Waals surface area contributed by atoms with Crippen LogP contribution in [0.4, 0.5) is 0 Å². The molecule has 1 saturated carbocycles. The number of Topliss-reactive ketones (excluding diaryl/α,β-unsaturated/α-hetero) is 4. The molecule has 1 fully saturated rings. The van der Waals surface area contributed by atoms with Gasteiger partial charge in [0.25, 0.3) is 0 Å². The molecule has 0 bridgehead atoms. The van der Waals surface area contributed by atoms with E-state index in [1.165, 1.54) is 0 Å². The smallest absolute Gasteiger partial charge is 0.164 e. The largest absolute Gasteiger partial charge is 0.298 e. The Morgan fingerprint density at radius 3 is 1.70 bits per heavy atom. The van der Waals surface area contributed by atoms with Gasteiger partial charge in [-0.25, -0.2) is 0 Å². The van der Waals surface area contributed by atoms with Crippen LogP contribution in [-0.2, 0) is 19.2 Å².